The summed E-state index contributed by atoms with van der Waals surface area (Å²) < 4.78 is 0. The lowest BCUT2D eigenvalue weighted by Crippen LogP contribution is -2.27. The third-order valence-electron chi connectivity index (χ3n) is 3.13. The zero-order valence-corrected chi connectivity index (χ0v) is 11.5. The van der Waals surface area contributed by atoms with Gasteiger partial charge < -0.3 is 11.1 Å². The molecule has 1 amide bonds. The van der Waals surface area contributed by atoms with Crippen LogP contribution in [0.15, 0.2) is 48.7 Å². The number of nitrogens with one attached hydrogen (secondary N) is 1. The molecule has 0 bridgehead atoms. The molecule has 0 aliphatic rings. The lowest BCUT2D eigenvalue weighted by atomic mass is 10.1. The molecule has 1 aromatic heterocycles. The summed E-state index contributed by atoms with van der Waals surface area (Å²) in [6.45, 7) is 1.93. The van der Waals surface area contributed by atoms with Gasteiger partial charge >= 0.3 is 0 Å². The number of benzene rings is 1. The maximum absolute atomic E-state index is 11.9. The van der Waals surface area contributed by atoms with Gasteiger partial charge in [0, 0.05) is 18.3 Å². The zero-order valence-electron chi connectivity index (χ0n) is 11.5. The fraction of sp³-hybridized carbons (Fsp3) is 0.250. The Morgan fingerprint density at radius 2 is 2.00 bits per heavy atom. The van der Waals surface area contributed by atoms with Crippen LogP contribution in [0.1, 0.15) is 30.6 Å². The summed E-state index contributed by atoms with van der Waals surface area (Å²) in [4.78, 5) is 16.1. The minimum atomic E-state index is -0.0740. The Hall–Kier alpha value is -2.36. The molecule has 0 saturated carbocycles. The summed E-state index contributed by atoms with van der Waals surface area (Å²) in [5.41, 5.74) is 8.34. The van der Waals surface area contributed by atoms with Crippen molar-refractivity contribution in [2.45, 2.75) is 25.8 Å². The van der Waals surface area contributed by atoms with Crippen molar-refractivity contribution in [1.29, 1.82) is 0 Å². The lowest BCUT2D eigenvalue weighted by Gasteiger charge is -2.13. The Labute approximate surface area is 119 Å². The molecule has 2 aromatic rings. The van der Waals surface area contributed by atoms with Crippen molar-refractivity contribution in [1.82, 2.24) is 10.3 Å². The average Bonchev–Trinajstić information content (AvgIpc) is 2.47. The highest BCUT2D eigenvalue weighted by molar-refractivity contribution is 5.76. The molecule has 0 spiro atoms. The van der Waals surface area contributed by atoms with Crippen LogP contribution in [0, 0.1) is 0 Å². The van der Waals surface area contributed by atoms with Crippen molar-refractivity contribution in [3.63, 3.8) is 0 Å². The minimum absolute atomic E-state index is 0.0278. The lowest BCUT2D eigenvalue weighted by molar-refractivity contribution is -0.121. The van der Waals surface area contributed by atoms with E-state index in [1.807, 2.05) is 49.4 Å². The van der Waals surface area contributed by atoms with E-state index in [4.69, 9.17) is 5.73 Å². The van der Waals surface area contributed by atoms with E-state index < -0.39 is 0 Å². The summed E-state index contributed by atoms with van der Waals surface area (Å²) in [5, 5.41) is 2.95. The Morgan fingerprint density at radius 1 is 1.25 bits per heavy atom. The van der Waals surface area contributed by atoms with Crippen molar-refractivity contribution in [2.75, 3.05) is 5.73 Å². The van der Waals surface area contributed by atoms with E-state index in [0.29, 0.717) is 12.8 Å². The van der Waals surface area contributed by atoms with E-state index in [0.717, 1.165) is 16.9 Å². The number of pyridine rings is 1. The number of anilines is 1. The van der Waals surface area contributed by atoms with Gasteiger partial charge in [0.25, 0.3) is 0 Å². The smallest absolute Gasteiger partial charge is 0.220 e. The van der Waals surface area contributed by atoms with Crippen molar-refractivity contribution in [3.05, 3.63) is 59.9 Å². The molecule has 1 aromatic carbocycles. The second kappa shape index (κ2) is 6.70. The summed E-state index contributed by atoms with van der Waals surface area (Å²) >= 11 is 0. The van der Waals surface area contributed by atoms with Crippen LogP contribution < -0.4 is 11.1 Å². The number of hydrogen-bond donors (Lipinski definition) is 2. The van der Waals surface area contributed by atoms with Gasteiger partial charge in [0.05, 0.1) is 11.7 Å². The van der Waals surface area contributed by atoms with Crippen LogP contribution in [0.4, 0.5) is 5.69 Å². The van der Waals surface area contributed by atoms with Crippen molar-refractivity contribution in [3.8, 4) is 0 Å². The molecular formula is C16H19N3O. The SMILES string of the molecule is C[C@H](NC(=O)CCc1ccc(N)cc1)c1ccccn1. The second-order valence-corrected chi connectivity index (χ2v) is 4.79. The molecule has 20 heavy (non-hydrogen) atoms. The van der Waals surface area contributed by atoms with E-state index in [1.54, 1.807) is 6.20 Å². The molecule has 4 nitrogen and oxygen atoms in total. The maximum atomic E-state index is 11.9. The maximum Gasteiger partial charge on any atom is 0.220 e. The fourth-order valence-electron chi connectivity index (χ4n) is 1.96. The molecule has 2 rings (SSSR count). The number of nitrogens with zero attached hydrogens (tertiary/aromatic N) is 1. The molecule has 104 valence electrons. The summed E-state index contributed by atoms with van der Waals surface area (Å²) in [7, 11) is 0. The van der Waals surface area contributed by atoms with Crippen molar-refractivity contribution >= 4 is 11.6 Å². The third-order valence-corrected chi connectivity index (χ3v) is 3.13. The Kier molecular flexibility index (Phi) is 4.71. The summed E-state index contributed by atoms with van der Waals surface area (Å²) in [6.07, 6.45) is 2.90. The summed E-state index contributed by atoms with van der Waals surface area (Å²) in [5.74, 6) is 0.0278. The molecule has 1 atom stereocenters. The number of aryl methyl sites for hydroxylation is 1. The molecule has 0 aliphatic heterocycles. The number of amides is 1. The Morgan fingerprint density at radius 3 is 2.65 bits per heavy atom. The van der Waals surface area contributed by atoms with Gasteiger partial charge in [0.2, 0.25) is 5.91 Å². The third kappa shape index (κ3) is 4.09. The van der Waals surface area contributed by atoms with Crippen LogP contribution in [-0.2, 0) is 11.2 Å². The van der Waals surface area contributed by atoms with Gasteiger partial charge in [-0.1, -0.05) is 18.2 Å². The van der Waals surface area contributed by atoms with Crippen LogP contribution in [0.5, 0.6) is 0 Å². The molecule has 3 N–H and O–H groups in total. The first-order valence-corrected chi connectivity index (χ1v) is 6.70. The average molecular weight is 269 g/mol. The van der Waals surface area contributed by atoms with Gasteiger partial charge in [-0.3, -0.25) is 9.78 Å². The molecule has 0 aliphatic carbocycles. The van der Waals surface area contributed by atoms with Crippen LogP contribution >= 0.6 is 0 Å². The number of rotatable bonds is 5. The van der Waals surface area contributed by atoms with E-state index in [9.17, 15) is 4.79 Å². The van der Waals surface area contributed by atoms with Gasteiger partial charge in [0.15, 0.2) is 0 Å². The van der Waals surface area contributed by atoms with Crippen molar-refractivity contribution < 1.29 is 4.79 Å². The summed E-state index contributed by atoms with van der Waals surface area (Å²) in [6, 6.07) is 13.2. The molecular weight excluding hydrogens is 250 g/mol. The standard InChI is InChI=1S/C16H19N3O/c1-12(15-4-2-3-11-18-15)19-16(20)10-7-13-5-8-14(17)9-6-13/h2-6,8-9,11-12H,7,10,17H2,1H3,(H,19,20)/t12-/m0/s1. The quantitative estimate of drug-likeness (QED) is 0.819. The molecule has 0 fully saturated rings. The van der Waals surface area contributed by atoms with Gasteiger partial charge in [0.1, 0.15) is 0 Å². The molecule has 0 radical (unpaired) electrons. The first-order chi connectivity index (χ1) is 9.65. The van der Waals surface area contributed by atoms with Crippen LogP contribution in [-0.4, -0.2) is 10.9 Å². The van der Waals surface area contributed by atoms with Crippen LogP contribution in [0.25, 0.3) is 0 Å². The van der Waals surface area contributed by atoms with Gasteiger partial charge in [-0.2, -0.15) is 0 Å². The van der Waals surface area contributed by atoms with E-state index in [2.05, 4.69) is 10.3 Å². The topological polar surface area (TPSA) is 68.0 Å². The molecule has 1 heterocycles. The van der Waals surface area contributed by atoms with Gasteiger partial charge in [-0.25, -0.2) is 0 Å². The molecule has 4 heteroatoms. The number of carbonyl (C=O) groups is 1. The second-order valence-electron chi connectivity index (χ2n) is 4.79. The fourth-order valence-corrected chi connectivity index (χ4v) is 1.96. The van der Waals surface area contributed by atoms with E-state index >= 15 is 0 Å². The molecule has 0 unspecified atom stereocenters. The largest absolute Gasteiger partial charge is 0.399 e. The number of aromatic nitrogens is 1. The van der Waals surface area contributed by atoms with Crippen molar-refractivity contribution in [2.24, 2.45) is 0 Å². The first kappa shape index (κ1) is 14.1. The van der Waals surface area contributed by atoms with Crippen LogP contribution in [0.3, 0.4) is 0 Å². The highest BCUT2D eigenvalue weighted by atomic mass is 16.1. The highest BCUT2D eigenvalue weighted by Crippen LogP contribution is 2.10. The van der Waals surface area contributed by atoms with Crippen LogP contribution in [0.2, 0.25) is 0 Å². The normalized spacial score (nSPS) is 11.8. The molecule has 0 saturated heterocycles. The number of nitrogen functional groups attached to an aromatic ring is 1. The number of nitrogens with two attached hydrogens (primary N) is 1. The highest BCUT2D eigenvalue weighted by Gasteiger charge is 2.10. The number of hydrogen-bond acceptors (Lipinski definition) is 3. The Balaban J connectivity index is 1.82. The first-order valence-electron chi connectivity index (χ1n) is 6.70. The van der Waals surface area contributed by atoms with E-state index in [-0.39, 0.29) is 11.9 Å². The predicted molar refractivity (Wildman–Crippen MR) is 80.0 cm³/mol. The zero-order chi connectivity index (χ0) is 14.4. The minimum Gasteiger partial charge on any atom is -0.399 e. The Bertz CT molecular complexity index is 552. The van der Waals surface area contributed by atoms with E-state index in [1.165, 1.54) is 0 Å². The number of carbonyl (C=O) groups excluding carboxylic acids is 1. The van der Waals surface area contributed by atoms with Gasteiger partial charge in [-0.15, -0.1) is 0 Å². The van der Waals surface area contributed by atoms with Gasteiger partial charge in [-0.05, 0) is 43.2 Å². The predicted octanol–water partition coefficient (Wildman–Crippen LogP) is 2.47. The monoisotopic (exact) mass is 269 g/mol.